The van der Waals surface area contributed by atoms with Crippen LogP contribution in [0, 0.1) is 0 Å². The third-order valence-corrected chi connectivity index (χ3v) is 4.69. The molecule has 1 heterocycles. The summed E-state index contributed by atoms with van der Waals surface area (Å²) in [6.45, 7) is 0.454. The van der Waals surface area contributed by atoms with Crippen molar-refractivity contribution >= 4 is 21.6 Å². The Morgan fingerprint density at radius 1 is 1.50 bits per heavy atom. The molecular formula is C8H16ClNO3S. The molecule has 0 amide bonds. The highest BCUT2D eigenvalue weighted by atomic mass is 35.5. The first-order valence-corrected chi connectivity index (χ1v) is 6.92. The summed E-state index contributed by atoms with van der Waals surface area (Å²) < 4.78 is 24.9. The van der Waals surface area contributed by atoms with Crippen molar-refractivity contribution in [2.24, 2.45) is 0 Å². The van der Waals surface area contributed by atoms with E-state index in [1.165, 1.54) is 4.31 Å². The van der Waals surface area contributed by atoms with Crippen LogP contribution in [0.25, 0.3) is 0 Å². The van der Waals surface area contributed by atoms with Crippen molar-refractivity contribution in [2.75, 3.05) is 24.8 Å². The molecule has 0 saturated carbocycles. The third kappa shape index (κ3) is 2.82. The zero-order valence-electron chi connectivity index (χ0n) is 8.02. The quantitative estimate of drug-likeness (QED) is 0.709. The number of hydrogen-bond acceptors (Lipinski definition) is 3. The van der Waals surface area contributed by atoms with Crippen molar-refractivity contribution in [1.82, 2.24) is 4.31 Å². The molecule has 0 aromatic carbocycles. The Labute approximate surface area is 89.9 Å². The molecule has 1 saturated heterocycles. The van der Waals surface area contributed by atoms with E-state index in [1.807, 2.05) is 0 Å². The second-order valence-electron chi connectivity index (χ2n) is 3.45. The minimum Gasteiger partial charge on any atom is -0.395 e. The third-order valence-electron chi connectivity index (χ3n) is 2.43. The predicted octanol–water partition coefficient (Wildman–Crippen LogP) is 0.402. The van der Waals surface area contributed by atoms with Crippen molar-refractivity contribution in [3.8, 4) is 0 Å². The normalized spacial score (nSPS) is 24.3. The lowest BCUT2D eigenvalue weighted by molar-refractivity contribution is 0.213. The molecule has 0 spiro atoms. The first-order chi connectivity index (χ1) is 6.61. The van der Waals surface area contributed by atoms with Gasteiger partial charge in [-0.1, -0.05) is 0 Å². The molecule has 0 radical (unpaired) electrons. The Bertz CT molecular complexity index is 268. The lowest BCUT2D eigenvalue weighted by Gasteiger charge is -2.21. The van der Waals surface area contributed by atoms with E-state index in [2.05, 4.69) is 0 Å². The SMILES string of the molecule is O=S(=O)(CCCCl)N1CCCC1CO. The number of aliphatic hydroxyl groups excluding tert-OH is 1. The first kappa shape index (κ1) is 12.2. The Morgan fingerprint density at radius 2 is 2.21 bits per heavy atom. The lowest BCUT2D eigenvalue weighted by atomic mass is 10.2. The van der Waals surface area contributed by atoms with Crippen LogP contribution in [0.3, 0.4) is 0 Å². The smallest absolute Gasteiger partial charge is 0.214 e. The highest BCUT2D eigenvalue weighted by Gasteiger charge is 2.32. The van der Waals surface area contributed by atoms with Crippen LogP contribution in [0.2, 0.25) is 0 Å². The standard InChI is InChI=1S/C8H16ClNO3S/c9-4-2-6-14(12,13)10-5-1-3-8(10)7-11/h8,11H,1-7H2. The average Bonchev–Trinajstić information content (AvgIpc) is 2.63. The number of sulfonamides is 1. The van der Waals surface area contributed by atoms with Crippen molar-refractivity contribution in [3.05, 3.63) is 0 Å². The van der Waals surface area contributed by atoms with Gasteiger partial charge in [-0.2, -0.15) is 4.31 Å². The summed E-state index contributed by atoms with van der Waals surface area (Å²) in [5, 5.41) is 8.99. The number of hydrogen-bond donors (Lipinski definition) is 1. The second-order valence-corrected chi connectivity index (χ2v) is 5.87. The molecule has 6 heteroatoms. The average molecular weight is 242 g/mol. The summed E-state index contributed by atoms with van der Waals surface area (Å²) in [4.78, 5) is 0. The van der Waals surface area contributed by atoms with Gasteiger partial charge in [-0.3, -0.25) is 0 Å². The van der Waals surface area contributed by atoms with Crippen LogP contribution in [0.5, 0.6) is 0 Å². The Morgan fingerprint density at radius 3 is 2.79 bits per heavy atom. The number of aliphatic hydroxyl groups is 1. The molecule has 4 nitrogen and oxygen atoms in total. The van der Waals surface area contributed by atoms with E-state index in [1.54, 1.807) is 0 Å². The number of nitrogens with zero attached hydrogens (tertiary/aromatic N) is 1. The molecule has 84 valence electrons. The van der Waals surface area contributed by atoms with Gasteiger partial charge in [0.2, 0.25) is 10.0 Å². The van der Waals surface area contributed by atoms with Gasteiger partial charge in [-0.05, 0) is 19.3 Å². The van der Waals surface area contributed by atoms with Gasteiger partial charge in [0.25, 0.3) is 0 Å². The Balaban J connectivity index is 2.61. The van der Waals surface area contributed by atoms with Crippen LogP contribution in [0.1, 0.15) is 19.3 Å². The van der Waals surface area contributed by atoms with E-state index in [0.29, 0.717) is 18.8 Å². The summed E-state index contributed by atoms with van der Waals surface area (Å²) >= 11 is 5.45. The maximum atomic E-state index is 11.7. The summed E-state index contributed by atoms with van der Waals surface area (Å²) in [5.41, 5.74) is 0. The molecular weight excluding hydrogens is 226 g/mol. The van der Waals surface area contributed by atoms with E-state index in [-0.39, 0.29) is 18.4 Å². The Hall–Kier alpha value is 0.160. The minimum absolute atomic E-state index is 0.0832. The van der Waals surface area contributed by atoms with Crippen molar-refractivity contribution in [2.45, 2.75) is 25.3 Å². The summed E-state index contributed by atoms with van der Waals surface area (Å²) in [5.74, 6) is 0.448. The van der Waals surface area contributed by atoms with Crippen LogP contribution in [0.15, 0.2) is 0 Å². The second kappa shape index (κ2) is 5.30. The molecule has 0 aromatic rings. The first-order valence-electron chi connectivity index (χ1n) is 4.78. The lowest BCUT2D eigenvalue weighted by Crippen LogP contribution is -2.39. The van der Waals surface area contributed by atoms with Gasteiger partial charge in [0.05, 0.1) is 12.4 Å². The predicted molar refractivity (Wildman–Crippen MR) is 55.9 cm³/mol. The molecule has 1 fully saturated rings. The van der Waals surface area contributed by atoms with Gasteiger partial charge in [0.1, 0.15) is 0 Å². The molecule has 0 aliphatic carbocycles. The van der Waals surface area contributed by atoms with Crippen LogP contribution in [-0.4, -0.2) is 48.7 Å². The van der Waals surface area contributed by atoms with Crippen molar-refractivity contribution in [3.63, 3.8) is 0 Å². The topological polar surface area (TPSA) is 57.6 Å². The van der Waals surface area contributed by atoms with Gasteiger partial charge in [-0.15, -0.1) is 11.6 Å². The number of alkyl halides is 1. The molecule has 1 aliphatic heterocycles. The van der Waals surface area contributed by atoms with Gasteiger partial charge in [0, 0.05) is 18.5 Å². The molecule has 14 heavy (non-hydrogen) atoms. The number of rotatable bonds is 5. The minimum atomic E-state index is -3.19. The maximum absolute atomic E-state index is 11.7. The molecule has 0 bridgehead atoms. The summed E-state index contributed by atoms with van der Waals surface area (Å²) in [6.07, 6.45) is 2.07. The molecule has 1 atom stereocenters. The fourth-order valence-electron chi connectivity index (χ4n) is 1.71. The fraction of sp³-hybridized carbons (Fsp3) is 1.00. The van der Waals surface area contributed by atoms with Crippen LogP contribution in [-0.2, 0) is 10.0 Å². The summed E-state index contributed by atoms with van der Waals surface area (Å²) in [6, 6.07) is -0.213. The molecule has 1 aliphatic rings. The van der Waals surface area contributed by atoms with Crippen molar-refractivity contribution in [1.29, 1.82) is 0 Å². The van der Waals surface area contributed by atoms with E-state index >= 15 is 0 Å². The van der Waals surface area contributed by atoms with Gasteiger partial charge >= 0.3 is 0 Å². The molecule has 1 rings (SSSR count). The largest absolute Gasteiger partial charge is 0.395 e. The molecule has 1 unspecified atom stereocenters. The van der Waals surface area contributed by atoms with Crippen LogP contribution >= 0.6 is 11.6 Å². The monoisotopic (exact) mass is 241 g/mol. The van der Waals surface area contributed by atoms with E-state index in [4.69, 9.17) is 16.7 Å². The van der Waals surface area contributed by atoms with Gasteiger partial charge in [0.15, 0.2) is 0 Å². The zero-order valence-corrected chi connectivity index (χ0v) is 9.60. The van der Waals surface area contributed by atoms with Gasteiger partial charge in [-0.25, -0.2) is 8.42 Å². The van der Waals surface area contributed by atoms with E-state index in [9.17, 15) is 8.42 Å². The Kier molecular flexibility index (Phi) is 4.63. The zero-order chi connectivity index (χ0) is 10.6. The summed E-state index contributed by atoms with van der Waals surface area (Å²) in [7, 11) is -3.19. The van der Waals surface area contributed by atoms with E-state index < -0.39 is 10.0 Å². The maximum Gasteiger partial charge on any atom is 0.214 e. The highest BCUT2D eigenvalue weighted by molar-refractivity contribution is 7.89. The van der Waals surface area contributed by atoms with E-state index in [0.717, 1.165) is 12.8 Å². The molecule has 0 aromatic heterocycles. The number of halogens is 1. The fourth-order valence-corrected chi connectivity index (χ4v) is 3.78. The van der Waals surface area contributed by atoms with Gasteiger partial charge < -0.3 is 5.11 Å². The van der Waals surface area contributed by atoms with Crippen LogP contribution in [0.4, 0.5) is 0 Å². The molecule has 1 N–H and O–H groups in total. The van der Waals surface area contributed by atoms with Crippen LogP contribution < -0.4 is 0 Å². The van der Waals surface area contributed by atoms with Crippen molar-refractivity contribution < 1.29 is 13.5 Å². The highest BCUT2D eigenvalue weighted by Crippen LogP contribution is 2.21.